The topological polar surface area (TPSA) is 43.6 Å². The maximum Gasteiger partial charge on any atom is 0.161 e. The van der Waals surface area contributed by atoms with E-state index in [1.807, 2.05) is 30.3 Å². The van der Waals surface area contributed by atoms with Crippen molar-refractivity contribution in [3.63, 3.8) is 0 Å². The molecule has 5 heteroatoms. The van der Waals surface area contributed by atoms with Gasteiger partial charge in [0.1, 0.15) is 10.7 Å². The minimum atomic E-state index is 0.556. The first-order valence-electron chi connectivity index (χ1n) is 5.77. The molecule has 2 aromatic rings. The van der Waals surface area contributed by atoms with Crippen LogP contribution in [0.1, 0.15) is 11.3 Å². The average Bonchev–Trinajstić information content (AvgIpc) is 2.97. The second kappa shape index (κ2) is 6.24. The fourth-order valence-corrected chi connectivity index (χ4v) is 1.86. The molecule has 0 amide bonds. The van der Waals surface area contributed by atoms with E-state index in [2.05, 4.69) is 5.32 Å². The molecule has 1 heterocycles. The predicted octanol–water partition coefficient (Wildman–Crippen LogP) is 2.76. The quantitative estimate of drug-likeness (QED) is 0.851. The molecule has 1 aromatic heterocycles. The smallest absolute Gasteiger partial charge is 0.161 e. The highest BCUT2D eigenvalue weighted by Crippen LogP contribution is 2.27. The zero-order chi connectivity index (χ0) is 13.7. The lowest BCUT2D eigenvalue weighted by Crippen LogP contribution is -2.21. The van der Waals surface area contributed by atoms with Crippen LogP contribution in [0.25, 0.3) is 0 Å². The summed E-state index contributed by atoms with van der Waals surface area (Å²) in [6.07, 6.45) is 1.64. The molecule has 0 bridgehead atoms. The van der Waals surface area contributed by atoms with Crippen molar-refractivity contribution in [2.75, 3.05) is 14.2 Å². The van der Waals surface area contributed by atoms with Crippen LogP contribution in [0.5, 0.6) is 11.5 Å². The van der Waals surface area contributed by atoms with Gasteiger partial charge >= 0.3 is 0 Å². The predicted molar refractivity (Wildman–Crippen MR) is 76.8 cm³/mol. The first kappa shape index (κ1) is 13.4. The maximum absolute atomic E-state index is 5.33. The molecule has 0 fully saturated rings. The molecule has 0 aliphatic heterocycles. The maximum atomic E-state index is 5.33. The number of thiocarbonyl (C=S) groups is 1. The molecule has 1 N–H and O–H groups in total. The van der Waals surface area contributed by atoms with Crippen LogP contribution in [0.4, 0.5) is 0 Å². The van der Waals surface area contributed by atoms with E-state index >= 15 is 0 Å². The second-order valence-electron chi connectivity index (χ2n) is 3.83. The van der Waals surface area contributed by atoms with Crippen molar-refractivity contribution >= 4 is 17.2 Å². The summed E-state index contributed by atoms with van der Waals surface area (Å²) < 4.78 is 15.7. The average molecular weight is 277 g/mol. The van der Waals surface area contributed by atoms with Gasteiger partial charge in [0, 0.05) is 5.56 Å². The highest BCUT2D eigenvalue weighted by atomic mass is 32.1. The fraction of sp³-hybridized carbons (Fsp3) is 0.214. The van der Waals surface area contributed by atoms with Crippen LogP contribution in [0.3, 0.4) is 0 Å². The van der Waals surface area contributed by atoms with E-state index in [-0.39, 0.29) is 0 Å². The Bertz CT molecular complexity index is 552. The molecule has 0 spiro atoms. The molecule has 0 radical (unpaired) electrons. The van der Waals surface area contributed by atoms with E-state index in [0.29, 0.717) is 23.0 Å². The third-order valence-corrected chi connectivity index (χ3v) is 3.03. The molecule has 4 nitrogen and oxygen atoms in total. The van der Waals surface area contributed by atoms with Gasteiger partial charge < -0.3 is 19.2 Å². The van der Waals surface area contributed by atoms with Crippen LogP contribution in [-0.4, -0.2) is 19.2 Å². The number of hydrogen-bond donors (Lipinski definition) is 1. The van der Waals surface area contributed by atoms with Gasteiger partial charge in [-0.05, 0) is 30.3 Å². The third kappa shape index (κ3) is 3.26. The van der Waals surface area contributed by atoms with E-state index < -0.39 is 0 Å². The molecule has 2 rings (SSSR count). The first-order valence-corrected chi connectivity index (χ1v) is 6.18. The van der Waals surface area contributed by atoms with Gasteiger partial charge in [0.25, 0.3) is 0 Å². The molecular weight excluding hydrogens is 262 g/mol. The summed E-state index contributed by atoms with van der Waals surface area (Å²) in [5.41, 5.74) is 0.874. The SMILES string of the molecule is COc1ccc(C(=S)NCc2ccco2)cc1OC. The number of rotatable bonds is 5. The van der Waals surface area contributed by atoms with Gasteiger partial charge in [0.05, 0.1) is 27.0 Å². The van der Waals surface area contributed by atoms with Gasteiger partial charge in [-0.15, -0.1) is 0 Å². The Morgan fingerprint density at radius 3 is 2.63 bits per heavy atom. The minimum absolute atomic E-state index is 0.556. The Morgan fingerprint density at radius 1 is 1.21 bits per heavy atom. The van der Waals surface area contributed by atoms with Gasteiger partial charge in [0.2, 0.25) is 0 Å². The van der Waals surface area contributed by atoms with Gasteiger partial charge in [-0.1, -0.05) is 12.2 Å². The summed E-state index contributed by atoms with van der Waals surface area (Å²) >= 11 is 5.33. The lowest BCUT2D eigenvalue weighted by molar-refractivity contribution is 0.355. The number of hydrogen-bond acceptors (Lipinski definition) is 4. The molecule has 0 aliphatic rings. The number of ether oxygens (including phenoxy) is 2. The Balaban J connectivity index is 2.06. The van der Waals surface area contributed by atoms with Crippen LogP contribution >= 0.6 is 12.2 Å². The zero-order valence-electron chi connectivity index (χ0n) is 10.8. The molecular formula is C14H15NO3S. The highest BCUT2D eigenvalue weighted by molar-refractivity contribution is 7.80. The largest absolute Gasteiger partial charge is 0.493 e. The standard InChI is InChI=1S/C14H15NO3S/c1-16-12-6-5-10(8-13(12)17-2)14(19)15-9-11-4-3-7-18-11/h3-8H,9H2,1-2H3,(H,15,19). The van der Waals surface area contributed by atoms with Gasteiger partial charge in [-0.3, -0.25) is 0 Å². The van der Waals surface area contributed by atoms with Crippen molar-refractivity contribution in [3.05, 3.63) is 47.9 Å². The van der Waals surface area contributed by atoms with Crippen molar-refractivity contribution in [1.29, 1.82) is 0 Å². The molecule has 0 atom stereocenters. The summed E-state index contributed by atoms with van der Waals surface area (Å²) in [5.74, 6) is 2.17. The van der Waals surface area contributed by atoms with Crippen LogP contribution in [0, 0.1) is 0 Å². The minimum Gasteiger partial charge on any atom is -0.493 e. The van der Waals surface area contributed by atoms with E-state index in [1.54, 1.807) is 20.5 Å². The Kier molecular flexibility index (Phi) is 4.41. The summed E-state index contributed by atoms with van der Waals surface area (Å²) in [6, 6.07) is 9.30. The first-order chi connectivity index (χ1) is 9.24. The van der Waals surface area contributed by atoms with Gasteiger partial charge in [0.15, 0.2) is 11.5 Å². The van der Waals surface area contributed by atoms with E-state index in [0.717, 1.165) is 11.3 Å². The molecule has 0 saturated heterocycles. The van der Waals surface area contributed by atoms with E-state index in [1.165, 1.54) is 0 Å². The number of methoxy groups -OCH3 is 2. The molecule has 1 aromatic carbocycles. The van der Waals surface area contributed by atoms with Crippen molar-refractivity contribution in [1.82, 2.24) is 5.32 Å². The molecule has 19 heavy (non-hydrogen) atoms. The van der Waals surface area contributed by atoms with E-state index in [4.69, 9.17) is 26.1 Å². The lowest BCUT2D eigenvalue weighted by atomic mass is 10.2. The fourth-order valence-electron chi connectivity index (χ4n) is 1.66. The molecule has 0 unspecified atom stereocenters. The Labute approximate surface area is 117 Å². The monoisotopic (exact) mass is 277 g/mol. The van der Waals surface area contributed by atoms with Crippen LogP contribution in [0.2, 0.25) is 0 Å². The Hall–Kier alpha value is -2.01. The number of nitrogens with one attached hydrogen (secondary N) is 1. The van der Waals surface area contributed by atoms with Crippen LogP contribution in [-0.2, 0) is 6.54 Å². The van der Waals surface area contributed by atoms with Gasteiger partial charge in [-0.25, -0.2) is 0 Å². The molecule has 0 aliphatic carbocycles. The summed E-state index contributed by atoms with van der Waals surface area (Å²) in [6.45, 7) is 0.556. The lowest BCUT2D eigenvalue weighted by Gasteiger charge is -2.11. The Morgan fingerprint density at radius 2 is 2.00 bits per heavy atom. The van der Waals surface area contributed by atoms with E-state index in [9.17, 15) is 0 Å². The molecule has 0 saturated carbocycles. The van der Waals surface area contributed by atoms with Gasteiger partial charge in [-0.2, -0.15) is 0 Å². The van der Waals surface area contributed by atoms with Crippen molar-refractivity contribution in [2.24, 2.45) is 0 Å². The summed E-state index contributed by atoms with van der Waals surface area (Å²) in [4.78, 5) is 0.636. The molecule has 100 valence electrons. The van der Waals surface area contributed by atoms with Crippen molar-refractivity contribution < 1.29 is 13.9 Å². The second-order valence-corrected chi connectivity index (χ2v) is 4.24. The van der Waals surface area contributed by atoms with Crippen molar-refractivity contribution in [3.8, 4) is 11.5 Å². The zero-order valence-corrected chi connectivity index (χ0v) is 11.6. The summed E-state index contributed by atoms with van der Waals surface area (Å²) in [5, 5.41) is 3.13. The number of benzene rings is 1. The van der Waals surface area contributed by atoms with Crippen LogP contribution < -0.4 is 14.8 Å². The van der Waals surface area contributed by atoms with Crippen molar-refractivity contribution in [2.45, 2.75) is 6.54 Å². The number of furan rings is 1. The van der Waals surface area contributed by atoms with Crippen LogP contribution in [0.15, 0.2) is 41.0 Å². The summed E-state index contributed by atoms with van der Waals surface area (Å²) in [7, 11) is 3.20. The third-order valence-electron chi connectivity index (χ3n) is 2.65. The highest BCUT2D eigenvalue weighted by Gasteiger charge is 2.08. The normalized spacial score (nSPS) is 10.0.